The van der Waals surface area contributed by atoms with Crippen LogP contribution in [-0.4, -0.2) is 53.0 Å². The zero-order valence-electron chi connectivity index (χ0n) is 24.4. The number of rotatable bonds is 7. The highest BCUT2D eigenvalue weighted by atomic mass is 16.5. The number of benzene rings is 2. The lowest BCUT2D eigenvalue weighted by Gasteiger charge is -2.38. The summed E-state index contributed by atoms with van der Waals surface area (Å²) in [5, 5.41) is 6.38. The quantitative estimate of drug-likeness (QED) is 0.490. The van der Waals surface area contributed by atoms with Gasteiger partial charge >= 0.3 is 0 Å². The molecule has 0 radical (unpaired) electrons. The van der Waals surface area contributed by atoms with Crippen molar-refractivity contribution in [3.8, 4) is 0 Å². The molecule has 7 heteroatoms. The normalized spacial score (nSPS) is 33.6. The molecule has 216 valence electrons. The number of amides is 3. The lowest BCUT2D eigenvalue weighted by atomic mass is 9.73. The van der Waals surface area contributed by atoms with Gasteiger partial charge in [-0.05, 0) is 67.3 Å². The molecule has 6 rings (SSSR count). The molecule has 41 heavy (non-hydrogen) atoms. The first-order valence-electron chi connectivity index (χ1n) is 15.1. The van der Waals surface area contributed by atoms with E-state index in [0.717, 1.165) is 36.0 Å². The molecule has 3 aliphatic heterocycles. The van der Waals surface area contributed by atoms with E-state index in [9.17, 15) is 14.4 Å². The van der Waals surface area contributed by atoms with Gasteiger partial charge in [-0.1, -0.05) is 75.2 Å². The summed E-state index contributed by atoms with van der Waals surface area (Å²) < 4.78 is 6.53. The zero-order chi connectivity index (χ0) is 28.9. The maximum Gasteiger partial charge on any atom is 0.246 e. The number of ether oxygens (including phenoxy) is 1. The molecule has 2 bridgehead atoms. The van der Waals surface area contributed by atoms with Gasteiger partial charge in [-0.3, -0.25) is 14.4 Å². The smallest absolute Gasteiger partial charge is 0.246 e. The van der Waals surface area contributed by atoms with Crippen molar-refractivity contribution in [2.45, 2.75) is 77.2 Å². The summed E-state index contributed by atoms with van der Waals surface area (Å²) in [7, 11) is 0. The van der Waals surface area contributed by atoms with E-state index in [4.69, 9.17) is 4.74 Å². The van der Waals surface area contributed by atoms with Gasteiger partial charge in [0, 0.05) is 18.3 Å². The summed E-state index contributed by atoms with van der Waals surface area (Å²) in [5.41, 5.74) is 2.74. The van der Waals surface area contributed by atoms with Crippen LogP contribution in [0.3, 0.4) is 0 Å². The van der Waals surface area contributed by atoms with E-state index in [1.54, 1.807) is 4.90 Å². The SMILES string of the molecule is Cc1cc(C)cc(NC(=O)C2[C@@H]3C=CC4(O3)C(C(=O)NC3CCCC(C)C3C)N(CCc3ccccc3)C(=O)[C@H]24)c1. The number of anilines is 1. The van der Waals surface area contributed by atoms with Crippen LogP contribution in [-0.2, 0) is 25.5 Å². The molecule has 1 aliphatic carbocycles. The number of likely N-dealkylation sites (tertiary alicyclic amines) is 1. The molecule has 3 amide bonds. The monoisotopic (exact) mass is 555 g/mol. The Morgan fingerprint density at radius 1 is 1.02 bits per heavy atom. The van der Waals surface area contributed by atoms with E-state index in [2.05, 4.69) is 30.5 Å². The fourth-order valence-corrected chi connectivity index (χ4v) is 7.72. The van der Waals surface area contributed by atoms with Gasteiger partial charge in [0.25, 0.3) is 0 Å². The van der Waals surface area contributed by atoms with Crippen molar-refractivity contribution < 1.29 is 19.1 Å². The predicted molar refractivity (Wildman–Crippen MR) is 158 cm³/mol. The third-order valence-corrected chi connectivity index (χ3v) is 9.93. The largest absolute Gasteiger partial charge is 0.359 e. The summed E-state index contributed by atoms with van der Waals surface area (Å²) in [6.07, 6.45) is 7.00. The minimum Gasteiger partial charge on any atom is -0.359 e. The summed E-state index contributed by atoms with van der Waals surface area (Å²) in [6, 6.07) is 15.1. The Morgan fingerprint density at radius 3 is 2.49 bits per heavy atom. The fourth-order valence-electron chi connectivity index (χ4n) is 7.72. The molecule has 3 heterocycles. The van der Waals surface area contributed by atoms with E-state index in [-0.39, 0.29) is 23.8 Å². The van der Waals surface area contributed by atoms with Crippen molar-refractivity contribution in [2.75, 3.05) is 11.9 Å². The fraction of sp³-hybridized carbons (Fsp3) is 0.500. The van der Waals surface area contributed by atoms with Crippen molar-refractivity contribution in [2.24, 2.45) is 23.7 Å². The first-order valence-corrected chi connectivity index (χ1v) is 15.1. The predicted octanol–water partition coefficient (Wildman–Crippen LogP) is 4.58. The second kappa shape index (κ2) is 10.8. The van der Waals surface area contributed by atoms with Gasteiger partial charge in [0.05, 0.1) is 17.9 Å². The number of hydrogen-bond acceptors (Lipinski definition) is 4. The average Bonchev–Trinajstić information content (AvgIpc) is 3.57. The summed E-state index contributed by atoms with van der Waals surface area (Å²) in [4.78, 5) is 43.9. The van der Waals surface area contributed by atoms with Gasteiger partial charge in [-0.2, -0.15) is 0 Å². The van der Waals surface area contributed by atoms with Gasteiger partial charge in [-0.15, -0.1) is 0 Å². The molecule has 2 N–H and O–H groups in total. The van der Waals surface area contributed by atoms with Crippen LogP contribution in [0, 0.1) is 37.5 Å². The minimum atomic E-state index is -1.16. The number of fused-ring (bicyclic) bond motifs is 1. The second-order valence-electron chi connectivity index (χ2n) is 12.7. The van der Waals surface area contributed by atoms with E-state index < -0.39 is 29.6 Å². The van der Waals surface area contributed by atoms with Crippen LogP contribution in [0.1, 0.15) is 49.8 Å². The molecule has 8 atom stereocenters. The number of carbonyl (C=O) groups is 3. The third kappa shape index (κ3) is 4.88. The van der Waals surface area contributed by atoms with Crippen LogP contribution in [0.4, 0.5) is 5.69 Å². The van der Waals surface area contributed by atoms with Crippen molar-refractivity contribution >= 4 is 23.4 Å². The van der Waals surface area contributed by atoms with Crippen molar-refractivity contribution in [1.82, 2.24) is 10.2 Å². The number of nitrogens with zero attached hydrogens (tertiary/aromatic N) is 1. The first kappa shape index (κ1) is 27.7. The third-order valence-electron chi connectivity index (χ3n) is 9.93. The van der Waals surface area contributed by atoms with Gasteiger partial charge in [0.2, 0.25) is 17.7 Å². The average molecular weight is 556 g/mol. The summed E-state index contributed by atoms with van der Waals surface area (Å²) in [6.45, 7) is 8.80. The molecule has 3 fully saturated rings. The van der Waals surface area contributed by atoms with Crippen molar-refractivity contribution in [3.05, 3.63) is 77.4 Å². The molecule has 2 aromatic carbocycles. The zero-order valence-corrected chi connectivity index (χ0v) is 24.4. The second-order valence-corrected chi connectivity index (χ2v) is 12.7. The highest BCUT2D eigenvalue weighted by Gasteiger charge is 2.72. The van der Waals surface area contributed by atoms with E-state index >= 15 is 0 Å². The Bertz CT molecular complexity index is 1350. The lowest BCUT2D eigenvalue weighted by molar-refractivity contribution is -0.141. The Labute approximate surface area is 242 Å². The molecule has 1 spiro atoms. The molecule has 7 nitrogen and oxygen atoms in total. The Morgan fingerprint density at radius 2 is 1.76 bits per heavy atom. The van der Waals surface area contributed by atoms with Crippen LogP contribution in [0.15, 0.2) is 60.7 Å². The van der Waals surface area contributed by atoms with Crippen LogP contribution in [0.2, 0.25) is 0 Å². The van der Waals surface area contributed by atoms with Gasteiger partial charge in [0.15, 0.2) is 0 Å². The molecule has 1 saturated carbocycles. The van der Waals surface area contributed by atoms with Crippen molar-refractivity contribution in [3.63, 3.8) is 0 Å². The van der Waals surface area contributed by atoms with Gasteiger partial charge < -0.3 is 20.3 Å². The van der Waals surface area contributed by atoms with Crippen LogP contribution >= 0.6 is 0 Å². The molecule has 2 aromatic rings. The Kier molecular flexibility index (Phi) is 7.26. The topological polar surface area (TPSA) is 87.7 Å². The Hall–Kier alpha value is -3.45. The lowest BCUT2D eigenvalue weighted by Crippen LogP contribution is -2.58. The maximum atomic E-state index is 14.2. The molecule has 0 aromatic heterocycles. The number of hydrogen-bond donors (Lipinski definition) is 2. The molecule has 6 unspecified atom stereocenters. The molecule has 4 aliphatic rings. The maximum absolute atomic E-state index is 14.2. The summed E-state index contributed by atoms with van der Waals surface area (Å²) in [5.74, 6) is -1.20. The van der Waals surface area contributed by atoms with E-state index in [0.29, 0.717) is 30.5 Å². The standard InChI is InChI=1S/C34H41N3O4/c1-20-17-21(2)19-25(18-20)35-31(38)28-27-13-15-34(41-27)29(28)33(40)37(16-14-24-10-6-5-7-11-24)30(34)32(39)36-26-12-8-9-22(3)23(26)4/h5-7,10-11,13,15,17-19,22-23,26-30H,8-9,12,14,16H2,1-4H3,(H,35,38)(H,36,39)/t22?,23?,26?,27-,28?,29-,30?,34?/m0/s1. The van der Waals surface area contributed by atoms with Crippen LogP contribution in [0.25, 0.3) is 0 Å². The van der Waals surface area contributed by atoms with E-state index in [1.807, 2.05) is 68.5 Å². The van der Waals surface area contributed by atoms with Crippen LogP contribution in [0.5, 0.6) is 0 Å². The molecular formula is C34H41N3O4. The van der Waals surface area contributed by atoms with Crippen LogP contribution < -0.4 is 10.6 Å². The minimum absolute atomic E-state index is 0.0546. The number of carbonyl (C=O) groups excluding carboxylic acids is 3. The van der Waals surface area contributed by atoms with Gasteiger partial charge in [-0.25, -0.2) is 0 Å². The van der Waals surface area contributed by atoms with E-state index in [1.165, 1.54) is 0 Å². The molecular weight excluding hydrogens is 514 g/mol. The highest BCUT2D eigenvalue weighted by Crippen LogP contribution is 2.55. The van der Waals surface area contributed by atoms with Crippen molar-refractivity contribution in [1.29, 1.82) is 0 Å². The highest BCUT2D eigenvalue weighted by molar-refractivity contribution is 6.02. The summed E-state index contributed by atoms with van der Waals surface area (Å²) >= 11 is 0. The first-order chi connectivity index (χ1) is 19.7. The van der Waals surface area contributed by atoms with Gasteiger partial charge in [0.1, 0.15) is 11.6 Å². The number of nitrogens with one attached hydrogen (secondary N) is 2. The number of aryl methyl sites for hydroxylation is 2. The molecule has 2 saturated heterocycles. The Balaban J connectivity index is 1.30.